The first-order valence-corrected chi connectivity index (χ1v) is 8.88. The zero-order chi connectivity index (χ0) is 16.7. The monoisotopic (exact) mass is 323 g/mol. The Labute approximate surface area is 143 Å². The van der Waals surface area contributed by atoms with Crippen LogP contribution in [0.15, 0.2) is 36.4 Å². The number of hydrogen-bond acceptors (Lipinski definition) is 2. The van der Waals surface area contributed by atoms with Gasteiger partial charge in [-0.2, -0.15) is 0 Å². The average Bonchev–Trinajstić information content (AvgIpc) is 2.98. The normalized spacial score (nSPS) is 25.7. The van der Waals surface area contributed by atoms with Crippen molar-refractivity contribution in [2.75, 3.05) is 19.6 Å². The van der Waals surface area contributed by atoms with Crippen molar-refractivity contribution in [3.8, 4) is 11.3 Å². The number of hydrogen-bond donors (Lipinski definition) is 1. The minimum atomic E-state index is 0.0519. The summed E-state index contributed by atoms with van der Waals surface area (Å²) in [5, 5.41) is 3.29. The Morgan fingerprint density at radius 2 is 1.88 bits per heavy atom. The molecule has 1 aromatic heterocycles. The highest BCUT2D eigenvalue weighted by molar-refractivity contribution is 5.94. The first kappa shape index (κ1) is 15.5. The zero-order valence-corrected chi connectivity index (χ0v) is 14.5. The highest BCUT2D eigenvalue weighted by atomic mass is 16.2. The molecule has 5 rings (SSSR count). The second-order valence-corrected chi connectivity index (χ2v) is 7.20. The summed E-state index contributed by atoms with van der Waals surface area (Å²) in [7, 11) is 1.98. The van der Waals surface area contributed by atoms with Crippen LogP contribution in [0.4, 0.5) is 0 Å². The smallest absolute Gasteiger partial charge is 0.268 e. The van der Waals surface area contributed by atoms with Crippen molar-refractivity contribution in [3.63, 3.8) is 0 Å². The second kappa shape index (κ2) is 6.10. The lowest BCUT2D eigenvalue weighted by atomic mass is 9.84. The van der Waals surface area contributed by atoms with Gasteiger partial charge in [-0.3, -0.25) is 4.79 Å². The Morgan fingerprint density at radius 3 is 2.54 bits per heavy atom. The lowest BCUT2D eigenvalue weighted by molar-refractivity contribution is 0.0616. The van der Waals surface area contributed by atoms with E-state index in [0.29, 0.717) is 12.0 Å². The summed E-state index contributed by atoms with van der Waals surface area (Å²) < 4.78 is 2.01. The van der Waals surface area contributed by atoms with Crippen LogP contribution in [-0.4, -0.2) is 41.1 Å². The van der Waals surface area contributed by atoms with Gasteiger partial charge < -0.3 is 14.8 Å². The van der Waals surface area contributed by atoms with Crippen LogP contribution < -0.4 is 5.32 Å². The molecule has 0 unspecified atom stereocenters. The predicted octanol–water partition coefficient (Wildman–Crippen LogP) is 2.82. The van der Waals surface area contributed by atoms with Crippen LogP contribution >= 0.6 is 0 Å². The molecule has 2 aromatic rings. The molecule has 0 saturated carbocycles. The third-order valence-electron chi connectivity index (χ3n) is 5.75. The molecule has 3 saturated heterocycles. The van der Waals surface area contributed by atoms with Gasteiger partial charge in [-0.15, -0.1) is 0 Å². The van der Waals surface area contributed by atoms with Gasteiger partial charge in [-0.1, -0.05) is 24.3 Å². The molecular formula is C20H25N3O. The molecule has 0 aliphatic carbocycles. The van der Waals surface area contributed by atoms with E-state index in [0.717, 1.165) is 17.9 Å². The third-order valence-corrected chi connectivity index (χ3v) is 5.75. The average molecular weight is 323 g/mol. The number of amides is 1. The van der Waals surface area contributed by atoms with Gasteiger partial charge in [0.2, 0.25) is 0 Å². The largest absolute Gasteiger partial charge is 0.346 e. The first-order chi connectivity index (χ1) is 11.6. The number of piperidine rings is 3. The molecule has 3 fully saturated rings. The zero-order valence-electron chi connectivity index (χ0n) is 14.5. The van der Waals surface area contributed by atoms with Crippen LogP contribution in [0.1, 0.15) is 28.9 Å². The number of fused-ring (bicyclic) bond motifs is 3. The number of aryl methyl sites for hydroxylation is 1. The fourth-order valence-corrected chi connectivity index (χ4v) is 4.24. The van der Waals surface area contributed by atoms with E-state index >= 15 is 0 Å². The molecule has 4 nitrogen and oxygen atoms in total. The highest BCUT2D eigenvalue weighted by Crippen LogP contribution is 2.28. The van der Waals surface area contributed by atoms with Gasteiger partial charge in [0.25, 0.3) is 5.91 Å². The second-order valence-electron chi connectivity index (χ2n) is 7.20. The molecule has 126 valence electrons. The van der Waals surface area contributed by atoms with Crippen LogP contribution in [0.5, 0.6) is 0 Å². The molecule has 3 aliphatic rings. The van der Waals surface area contributed by atoms with E-state index in [1.807, 2.05) is 35.9 Å². The van der Waals surface area contributed by atoms with Gasteiger partial charge in [0.1, 0.15) is 5.69 Å². The van der Waals surface area contributed by atoms with E-state index in [-0.39, 0.29) is 5.91 Å². The van der Waals surface area contributed by atoms with Crippen molar-refractivity contribution in [2.24, 2.45) is 13.0 Å². The van der Waals surface area contributed by atoms with Gasteiger partial charge in [-0.25, -0.2) is 0 Å². The highest BCUT2D eigenvalue weighted by Gasteiger charge is 2.35. The standard InChI is InChI=1S/C20H25N3O/c1-14-5-3-4-6-16(14)18-7-8-19(22(18)2)20(24)21-17-13-23-11-9-15(17)10-12-23/h3-8,15,17H,9-13H2,1-2H3,(H,21,24)/t17-/m0/s1. The van der Waals surface area contributed by atoms with Crippen LogP contribution in [0, 0.1) is 12.8 Å². The number of nitrogens with zero attached hydrogens (tertiary/aromatic N) is 2. The van der Waals surface area contributed by atoms with E-state index in [1.54, 1.807) is 0 Å². The van der Waals surface area contributed by atoms with E-state index in [1.165, 1.54) is 37.1 Å². The van der Waals surface area contributed by atoms with Crippen LogP contribution in [0.2, 0.25) is 0 Å². The van der Waals surface area contributed by atoms with Gasteiger partial charge in [0.05, 0.1) is 0 Å². The number of carbonyl (C=O) groups excluding carboxylic acids is 1. The summed E-state index contributed by atoms with van der Waals surface area (Å²) >= 11 is 0. The Balaban J connectivity index is 1.55. The van der Waals surface area contributed by atoms with Gasteiger partial charge >= 0.3 is 0 Å². The summed E-state index contributed by atoms with van der Waals surface area (Å²) in [6.07, 6.45) is 2.43. The Kier molecular flexibility index (Phi) is 3.93. The topological polar surface area (TPSA) is 37.3 Å². The molecule has 1 amide bonds. The van der Waals surface area contributed by atoms with Crippen molar-refractivity contribution in [2.45, 2.75) is 25.8 Å². The maximum atomic E-state index is 12.8. The Bertz CT molecular complexity index is 756. The Hall–Kier alpha value is -2.07. The van der Waals surface area contributed by atoms with Crippen molar-refractivity contribution in [1.82, 2.24) is 14.8 Å². The van der Waals surface area contributed by atoms with Crippen LogP contribution in [0.3, 0.4) is 0 Å². The minimum Gasteiger partial charge on any atom is -0.346 e. The molecule has 3 aliphatic heterocycles. The van der Waals surface area contributed by atoms with Crippen molar-refractivity contribution >= 4 is 5.91 Å². The number of nitrogens with one attached hydrogen (secondary N) is 1. The predicted molar refractivity (Wildman–Crippen MR) is 96.0 cm³/mol. The number of carbonyl (C=O) groups is 1. The molecule has 2 bridgehead atoms. The molecule has 4 heteroatoms. The maximum Gasteiger partial charge on any atom is 0.268 e. The van der Waals surface area contributed by atoms with Crippen LogP contribution in [-0.2, 0) is 7.05 Å². The lowest BCUT2D eigenvalue weighted by Gasteiger charge is -2.44. The fourth-order valence-electron chi connectivity index (χ4n) is 4.24. The van der Waals surface area contributed by atoms with E-state index in [9.17, 15) is 4.79 Å². The van der Waals surface area contributed by atoms with Gasteiger partial charge in [-0.05, 0) is 56.5 Å². The van der Waals surface area contributed by atoms with Crippen LogP contribution in [0.25, 0.3) is 11.3 Å². The number of rotatable bonds is 3. The molecule has 4 heterocycles. The van der Waals surface area contributed by atoms with Crippen molar-refractivity contribution < 1.29 is 4.79 Å². The minimum absolute atomic E-state index is 0.0519. The molecule has 0 spiro atoms. The van der Waals surface area contributed by atoms with Crippen molar-refractivity contribution in [3.05, 3.63) is 47.7 Å². The molecule has 1 atom stereocenters. The summed E-state index contributed by atoms with van der Waals surface area (Å²) in [6, 6.07) is 12.6. The summed E-state index contributed by atoms with van der Waals surface area (Å²) in [5.41, 5.74) is 4.24. The Morgan fingerprint density at radius 1 is 1.12 bits per heavy atom. The van der Waals surface area contributed by atoms with E-state index in [2.05, 4.69) is 29.3 Å². The molecule has 1 N–H and O–H groups in total. The van der Waals surface area contributed by atoms with E-state index < -0.39 is 0 Å². The van der Waals surface area contributed by atoms with E-state index in [4.69, 9.17) is 0 Å². The molecule has 0 radical (unpaired) electrons. The summed E-state index contributed by atoms with van der Waals surface area (Å²) in [6.45, 7) is 5.50. The molecule has 1 aromatic carbocycles. The number of aromatic nitrogens is 1. The van der Waals surface area contributed by atoms with Crippen molar-refractivity contribution in [1.29, 1.82) is 0 Å². The first-order valence-electron chi connectivity index (χ1n) is 8.88. The third kappa shape index (κ3) is 2.65. The molecule has 24 heavy (non-hydrogen) atoms. The maximum absolute atomic E-state index is 12.8. The quantitative estimate of drug-likeness (QED) is 0.943. The fraction of sp³-hybridized carbons (Fsp3) is 0.450. The lowest BCUT2D eigenvalue weighted by Crippen LogP contribution is -2.57. The number of benzene rings is 1. The van der Waals surface area contributed by atoms with Gasteiger partial charge in [0.15, 0.2) is 0 Å². The molecular weight excluding hydrogens is 298 g/mol. The summed E-state index contributed by atoms with van der Waals surface area (Å²) in [5.74, 6) is 0.700. The summed E-state index contributed by atoms with van der Waals surface area (Å²) in [4.78, 5) is 15.3. The van der Waals surface area contributed by atoms with Gasteiger partial charge in [0, 0.05) is 30.9 Å². The SMILES string of the molecule is Cc1ccccc1-c1ccc(C(=O)N[C@H]2CN3CCC2CC3)n1C.